The molecule has 1 rings (SSSR count). The van der Waals surface area contributed by atoms with Gasteiger partial charge in [-0.25, -0.2) is 0 Å². The molecule has 0 unspecified atom stereocenters. The fourth-order valence-corrected chi connectivity index (χ4v) is 1.59. The lowest BCUT2D eigenvalue weighted by Crippen LogP contribution is -2.36. The lowest BCUT2D eigenvalue weighted by molar-refractivity contribution is -0.123. The van der Waals surface area contributed by atoms with Gasteiger partial charge in [0.05, 0.1) is 0 Å². The van der Waals surface area contributed by atoms with Crippen molar-refractivity contribution in [3.8, 4) is 5.88 Å². The van der Waals surface area contributed by atoms with Crippen molar-refractivity contribution in [3.05, 3.63) is 11.8 Å². The summed E-state index contributed by atoms with van der Waals surface area (Å²) in [6.07, 6.45) is 1.59. The van der Waals surface area contributed by atoms with Crippen molar-refractivity contribution in [2.24, 2.45) is 5.41 Å². The average Bonchev–Trinajstić information content (AvgIpc) is 2.77. The molecule has 0 aliphatic rings. The van der Waals surface area contributed by atoms with Crippen LogP contribution in [0, 0.1) is 12.3 Å². The Morgan fingerprint density at radius 3 is 2.89 bits per heavy atom. The van der Waals surface area contributed by atoms with Gasteiger partial charge in [0.1, 0.15) is 5.76 Å². The summed E-state index contributed by atoms with van der Waals surface area (Å²) in [5, 5.41) is 15.2. The van der Waals surface area contributed by atoms with Crippen LogP contribution in [-0.4, -0.2) is 35.9 Å². The van der Waals surface area contributed by atoms with Crippen molar-refractivity contribution in [3.63, 3.8) is 0 Å². The second-order valence-corrected chi connectivity index (χ2v) is 5.33. The number of amides is 1. The summed E-state index contributed by atoms with van der Waals surface area (Å²) >= 11 is 0. The summed E-state index contributed by atoms with van der Waals surface area (Å²) < 4.78 is 10.0. The molecule has 1 amide bonds. The minimum atomic E-state index is -0.197. The third kappa shape index (κ3) is 6.24. The molecule has 0 aliphatic heterocycles. The Morgan fingerprint density at radius 2 is 2.32 bits per heavy atom. The van der Waals surface area contributed by atoms with E-state index in [2.05, 4.69) is 10.5 Å². The van der Waals surface area contributed by atoms with Gasteiger partial charge in [0.15, 0.2) is 6.61 Å². The highest BCUT2D eigenvalue weighted by Crippen LogP contribution is 2.20. The van der Waals surface area contributed by atoms with Crippen molar-refractivity contribution in [2.75, 3.05) is 19.8 Å². The first-order valence-electron chi connectivity index (χ1n) is 6.37. The first kappa shape index (κ1) is 15.5. The van der Waals surface area contributed by atoms with E-state index in [-0.39, 0.29) is 24.5 Å². The molecule has 108 valence electrons. The minimum absolute atomic E-state index is 0.0388. The summed E-state index contributed by atoms with van der Waals surface area (Å²) in [7, 11) is 0. The lowest BCUT2D eigenvalue weighted by Gasteiger charge is -2.24. The molecule has 1 aromatic heterocycles. The normalized spacial score (nSPS) is 11.4. The number of ether oxygens (including phenoxy) is 1. The Balaban J connectivity index is 2.24. The SMILES string of the molecule is Cc1cc(OCC(=O)NCC(C)(C)CCCO)no1. The number of hydrogen-bond acceptors (Lipinski definition) is 5. The number of aryl methyl sites for hydroxylation is 1. The maximum Gasteiger partial charge on any atom is 0.258 e. The third-order valence-electron chi connectivity index (χ3n) is 2.73. The molecule has 0 radical (unpaired) electrons. The zero-order valence-electron chi connectivity index (χ0n) is 11.7. The molecule has 1 aromatic rings. The van der Waals surface area contributed by atoms with Crippen LogP contribution in [-0.2, 0) is 4.79 Å². The van der Waals surface area contributed by atoms with Crippen molar-refractivity contribution in [2.45, 2.75) is 33.6 Å². The van der Waals surface area contributed by atoms with Gasteiger partial charge in [0.25, 0.3) is 11.8 Å². The quantitative estimate of drug-likeness (QED) is 0.743. The zero-order valence-corrected chi connectivity index (χ0v) is 11.7. The molecule has 0 saturated heterocycles. The number of aliphatic hydroxyl groups excluding tert-OH is 1. The number of rotatable bonds is 8. The number of carbonyl (C=O) groups is 1. The van der Waals surface area contributed by atoms with E-state index in [1.807, 2.05) is 13.8 Å². The van der Waals surface area contributed by atoms with E-state index in [4.69, 9.17) is 14.4 Å². The molecular weight excluding hydrogens is 248 g/mol. The topological polar surface area (TPSA) is 84.6 Å². The van der Waals surface area contributed by atoms with E-state index in [9.17, 15) is 4.79 Å². The second kappa shape index (κ2) is 7.13. The first-order valence-corrected chi connectivity index (χ1v) is 6.37. The van der Waals surface area contributed by atoms with Gasteiger partial charge in [-0.1, -0.05) is 13.8 Å². The van der Waals surface area contributed by atoms with Crippen LogP contribution in [0.25, 0.3) is 0 Å². The first-order chi connectivity index (χ1) is 8.93. The zero-order chi connectivity index (χ0) is 14.3. The molecule has 19 heavy (non-hydrogen) atoms. The largest absolute Gasteiger partial charge is 0.465 e. The molecule has 0 aromatic carbocycles. The van der Waals surface area contributed by atoms with Crippen LogP contribution >= 0.6 is 0 Å². The van der Waals surface area contributed by atoms with Crippen molar-refractivity contribution >= 4 is 5.91 Å². The number of nitrogens with zero attached hydrogens (tertiary/aromatic N) is 1. The Hall–Kier alpha value is -1.56. The van der Waals surface area contributed by atoms with Crippen LogP contribution in [0.5, 0.6) is 5.88 Å². The number of nitrogens with one attached hydrogen (secondary N) is 1. The van der Waals surface area contributed by atoms with E-state index in [0.717, 1.165) is 12.8 Å². The van der Waals surface area contributed by atoms with E-state index in [1.54, 1.807) is 13.0 Å². The van der Waals surface area contributed by atoms with Gasteiger partial charge in [-0.05, 0) is 30.3 Å². The number of aromatic nitrogens is 1. The molecule has 0 bridgehead atoms. The predicted molar refractivity (Wildman–Crippen MR) is 69.8 cm³/mol. The van der Waals surface area contributed by atoms with Crippen LogP contribution in [0.2, 0.25) is 0 Å². The monoisotopic (exact) mass is 270 g/mol. The van der Waals surface area contributed by atoms with Crippen molar-refractivity contribution < 1.29 is 19.2 Å². The maximum atomic E-state index is 11.6. The van der Waals surface area contributed by atoms with Gasteiger partial charge in [-0.3, -0.25) is 4.79 Å². The van der Waals surface area contributed by atoms with E-state index < -0.39 is 0 Å². The second-order valence-electron chi connectivity index (χ2n) is 5.33. The Kier molecular flexibility index (Phi) is 5.82. The molecule has 2 N–H and O–H groups in total. The Bertz CT molecular complexity index is 401. The van der Waals surface area contributed by atoms with Gasteiger partial charge >= 0.3 is 0 Å². The summed E-state index contributed by atoms with van der Waals surface area (Å²) in [5.41, 5.74) is -0.0388. The summed E-state index contributed by atoms with van der Waals surface area (Å²) in [5.74, 6) is 0.755. The smallest absolute Gasteiger partial charge is 0.258 e. The number of aliphatic hydroxyl groups is 1. The minimum Gasteiger partial charge on any atom is -0.465 e. The fraction of sp³-hybridized carbons (Fsp3) is 0.692. The van der Waals surface area contributed by atoms with Crippen molar-refractivity contribution in [1.82, 2.24) is 10.5 Å². The van der Waals surface area contributed by atoms with Crippen LogP contribution < -0.4 is 10.1 Å². The molecule has 0 spiro atoms. The lowest BCUT2D eigenvalue weighted by atomic mass is 9.88. The Morgan fingerprint density at radius 1 is 1.58 bits per heavy atom. The molecule has 6 nitrogen and oxygen atoms in total. The van der Waals surface area contributed by atoms with Gasteiger partial charge in [-0.15, -0.1) is 0 Å². The van der Waals surface area contributed by atoms with E-state index in [1.165, 1.54) is 0 Å². The highest BCUT2D eigenvalue weighted by molar-refractivity contribution is 5.77. The summed E-state index contributed by atoms with van der Waals surface area (Å²) in [6, 6.07) is 1.62. The van der Waals surface area contributed by atoms with Gasteiger partial charge in [0.2, 0.25) is 0 Å². The van der Waals surface area contributed by atoms with Crippen LogP contribution in [0.3, 0.4) is 0 Å². The highest BCUT2D eigenvalue weighted by atomic mass is 16.5. The highest BCUT2D eigenvalue weighted by Gasteiger charge is 2.18. The van der Waals surface area contributed by atoms with Crippen LogP contribution in [0.1, 0.15) is 32.4 Å². The Labute approximate surface area is 113 Å². The fourth-order valence-electron chi connectivity index (χ4n) is 1.59. The standard InChI is InChI=1S/C13H22N2O4/c1-10-7-12(15-19-10)18-8-11(17)14-9-13(2,3)5-4-6-16/h7,16H,4-6,8-9H2,1-3H3,(H,14,17). The van der Waals surface area contributed by atoms with Crippen LogP contribution in [0.4, 0.5) is 0 Å². The molecule has 1 heterocycles. The van der Waals surface area contributed by atoms with Gasteiger partial charge in [-0.2, -0.15) is 0 Å². The van der Waals surface area contributed by atoms with Crippen molar-refractivity contribution in [1.29, 1.82) is 0 Å². The summed E-state index contributed by atoms with van der Waals surface area (Å²) in [6.45, 7) is 6.49. The number of hydrogen-bond donors (Lipinski definition) is 2. The molecular formula is C13H22N2O4. The van der Waals surface area contributed by atoms with E-state index in [0.29, 0.717) is 18.2 Å². The third-order valence-corrected chi connectivity index (χ3v) is 2.73. The molecule has 0 atom stereocenters. The molecule has 6 heteroatoms. The summed E-state index contributed by atoms with van der Waals surface area (Å²) in [4.78, 5) is 11.6. The molecule has 0 aliphatic carbocycles. The van der Waals surface area contributed by atoms with Crippen LogP contribution in [0.15, 0.2) is 10.6 Å². The van der Waals surface area contributed by atoms with E-state index >= 15 is 0 Å². The predicted octanol–water partition coefficient (Wildman–Crippen LogP) is 1.28. The van der Waals surface area contributed by atoms with Gasteiger partial charge in [0, 0.05) is 19.2 Å². The maximum absolute atomic E-state index is 11.6. The molecule has 0 fully saturated rings. The number of carbonyl (C=O) groups excluding carboxylic acids is 1. The average molecular weight is 270 g/mol. The molecule has 0 saturated carbocycles. The van der Waals surface area contributed by atoms with Gasteiger partial charge < -0.3 is 19.7 Å².